The monoisotopic (exact) mass is 488 g/mol. The van der Waals surface area contributed by atoms with Gasteiger partial charge in [0.05, 0.1) is 0 Å². The minimum absolute atomic E-state index is 0.583. The number of aryl methyl sites for hydroxylation is 1. The lowest BCUT2D eigenvalue weighted by molar-refractivity contribution is -0.200. The lowest BCUT2D eigenvalue weighted by Gasteiger charge is -2.40. The van der Waals surface area contributed by atoms with Gasteiger partial charge < -0.3 is 20.1 Å². The first kappa shape index (κ1) is 23.8. The number of thioether (sulfide) groups is 2. The summed E-state index contributed by atoms with van der Waals surface area (Å²) in [4.78, 5) is 3.76. The van der Waals surface area contributed by atoms with E-state index in [0.29, 0.717) is 0 Å². The number of thiophene rings is 1. The minimum atomic E-state index is -1.24. The fourth-order valence-corrected chi connectivity index (χ4v) is 6.06. The largest absolute Gasteiger partial charge is 0.387 e. The minimum Gasteiger partial charge on any atom is -0.387 e. The second-order valence-electron chi connectivity index (χ2n) is 7.99. The first-order valence-electron chi connectivity index (χ1n) is 10.5. The first-order chi connectivity index (χ1) is 15.4. The highest BCUT2D eigenvalue weighted by molar-refractivity contribution is 7.99. The second-order valence-corrected chi connectivity index (χ2v) is 11.0. The molecular formula is C25H28O4S3. The molecule has 0 saturated carbocycles. The Hall–Kier alpha value is -1.32. The average Bonchev–Trinajstić information content (AvgIpc) is 3.28. The summed E-state index contributed by atoms with van der Waals surface area (Å²) in [7, 11) is 0. The summed E-state index contributed by atoms with van der Waals surface area (Å²) in [5.41, 5.74) is 3.78. The molecule has 1 aliphatic rings. The summed E-state index contributed by atoms with van der Waals surface area (Å²) >= 11 is 4.85. The smallest absolute Gasteiger partial charge is 0.132 e. The summed E-state index contributed by atoms with van der Waals surface area (Å²) in [6, 6.07) is 19.0. The molecule has 0 radical (unpaired) electrons. The van der Waals surface area contributed by atoms with Gasteiger partial charge in [0.15, 0.2) is 0 Å². The van der Waals surface area contributed by atoms with Gasteiger partial charge in [-0.1, -0.05) is 30.3 Å². The van der Waals surface area contributed by atoms with Crippen LogP contribution in [-0.2, 0) is 11.2 Å². The van der Waals surface area contributed by atoms with Crippen molar-refractivity contribution in [2.75, 3.05) is 12.5 Å². The predicted octanol–water partition coefficient (Wildman–Crippen LogP) is 4.88. The van der Waals surface area contributed by atoms with Crippen molar-refractivity contribution in [2.45, 2.75) is 48.1 Å². The molecule has 0 amide bonds. The van der Waals surface area contributed by atoms with Gasteiger partial charge in [-0.2, -0.15) is 0 Å². The van der Waals surface area contributed by atoms with Gasteiger partial charge in [-0.25, -0.2) is 0 Å². The lowest BCUT2D eigenvalue weighted by Crippen LogP contribution is -2.52. The van der Waals surface area contributed by atoms with Gasteiger partial charge in [0.25, 0.3) is 0 Å². The molecule has 1 fully saturated rings. The Morgan fingerprint density at radius 1 is 0.906 bits per heavy atom. The maximum absolute atomic E-state index is 10.5. The molecule has 0 spiro atoms. The number of hydrogen-bond acceptors (Lipinski definition) is 7. The number of benzene rings is 2. The highest BCUT2D eigenvalue weighted by Crippen LogP contribution is 2.37. The topological polar surface area (TPSA) is 69.9 Å². The van der Waals surface area contributed by atoms with E-state index in [1.54, 1.807) is 23.1 Å². The van der Waals surface area contributed by atoms with Gasteiger partial charge in [-0.05, 0) is 66.0 Å². The maximum atomic E-state index is 10.5. The van der Waals surface area contributed by atoms with Crippen molar-refractivity contribution in [2.24, 2.45) is 0 Å². The van der Waals surface area contributed by atoms with Gasteiger partial charge in [0.2, 0.25) is 0 Å². The van der Waals surface area contributed by atoms with Crippen molar-refractivity contribution in [3.63, 3.8) is 0 Å². The van der Waals surface area contributed by atoms with Crippen LogP contribution in [0.15, 0.2) is 59.5 Å². The van der Waals surface area contributed by atoms with Crippen LogP contribution in [0.4, 0.5) is 0 Å². The Morgan fingerprint density at radius 3 is 2.34 bits per heavy atom. The van der Waals surface area contributed by atoms with Gasteiger partial charge in [0, 0.05) is 21.1 Å². The van der Waals surface area contributed by atoms with E-state index in [9.17, 15) is 15.3 Å². The van der Waals surface area contributed by atoms with Crippen molar-refractivity contribution < 1.29 is 20.1 Å². The van der Waals surface area contributed by atoms with Gasteiger partial charge in [-0.3, -0.25) is 0 Å². The summed E-state index contributed by atoms with van der Waals surface area (Å²) in [6.07, 6.45) is 0.465. The zero-order chi connectivity index (χ0) is 22.8. The normalized spacial score (nSPS) is 25.8. The molecule has 2 heterocycles. The molecule has 0 aliphatic carbocycles. The molecule has 0 bridgehead atoms. The predicted molar refractivity (Wildman–Crippen MR) is 135 cm³/mol. The Bertz CT molecular complexity index is 1050. The van der Waals surface area contributed by atoms with Crippen LogP contribution in [-0.4, -0.2) is 51.6 Å². The van der Waals surface area contributed by atoms with E-state index in [2.05, 4.69) is 55.6 Å². The van der Waals surface area contributed by atoms with E-state index < -0.39 is 29.9 Å². The zero-order valence-corrected chi connectivity index (χ0v) is 20.7. The molecular weight excluding hydrogens is 460 g/mol. The van der Waals surface area contributed by atoms with Crippen LogP contribution in [0.25, 0.3) is 10.4 Å². The molecule has 1 aliphatic heterocycles. The quantitative estimate of drug-likeness (QED) is 0.430. The van der Waals surface area contributed by atoms with E-state index >= 15 is 0 Å². The number of rotatable bonds is 6. The first-order valence-corrected chi connectivity index (χ1v) is 13.8. The van der Waals surface area contributed by atoms with E-state index in [-0.39, 0.29) is 0 Å². The molecule has 5 atom stereocenters. The van der Waals surface area contributed by atoms with E-state index in [1.165, 1.54) is 37.5 Å². The van der Waals surface area contributed by atoms with Crippen LogP contribution in [0.5, 0.6) is 0 Å². The maximum Gasteiger partial charge on any atom is 0.132 e. The summed E-state index contributed by atoms with van der Waals surface area (Å²) in [5.74, 6) is 0. The van der Waals surface area contributed by atoms with Gasteiger partial charge in [-0.15, -0.1) is 34.9 Å². The number of aliphatic hydroxyl groups excluding tert-OH is 3. The molecule has 2 aromatic carbocycles. The third-order valence-electron chi connectivity index (χ3n) is 5.90. The zero-order valence-electron chi connectivity index (χ0n) is 18.3. The Morgan fingerprint density at radius 2 is 1.66 bits per heavy atom. The molecule has 170 valence electrons. The third kappa shape index (κ3) is 4.94. The molecule has 32 heavy (non-hydrogen) atoms. The van der Waals surface area contributed by atoms with Crippen molar-refractivity contribution in [1.82, 2.24) is 0 Å². The summed E-state index contributed by atoms with van der Waals surface area (Å²) in [6.45, 7) is 2.08. The van der Waals surface area contributed by atoms with Crippen LogP contribution in [0.3, 0.4) is 0 Å². The molecule has 4 rings (SSSR count). The van der Waals surface area contributed by atoms with E-state index in [0.717, 1.165) is 17.5 Å². The van der Waals surface area contributed by atoms with Gasteiger partial charge in [0.1, 0.15) is 29.9 Å². The van der Waals surface area contributed by atoms with Crippen LogP contribution >= 0.6 is 34.9 Å². The average molecular weight is 489 g/mol. The molecule has 3 N–H and O–H groups in total. The SMILES string of the molecule is CSc1ccc(-c2ccc(Cc3cc(C4O[C@H](SC)[C@@H](O)[C@H](O)[C@H]4O)ccc3C)s2)cc1. The molecule has 3 aromatic rings. The number of hydrogen-bond donors (Lipinski definition) is 3. The molecule has 1 unspecified atom stereocenters. The van der Waals surface area contributed by atoms with Crippen LogP contribution in [0, 0.1) is 6.92 Å². The van der Waals surface area contributed by atoms with Crippen molar-refractivity contribution in [3.05, 3.63) is 76.2 Å². The standard InChI is InChI=1S/C25H28O4S3/c1-14-4-5-16(24-22(27)21(26)23(28)25(29-24)31-3)12-17(14)13-19-10-11-20(32-19)15-6-8-18(30-2)9-7-15/h4-12,21-28H,13H2,1-3H3/t21-,22-,23+,24?,25-/m1/s1. The van der Waals surface area contributed by atoms with Crippen LogP contribution < -0.4 is 0 Å². The van der Waals surface area contributed by atoms with Crippen molar-refractivity contribution >= 4 is 34.9 Å². The van der Waals surface area contributed by atoms with Gasteiger partial charge >= 0.3 is 0 Å². The fraction of sp³-hybridized carbons (Fsp3) is 0.360. The van der Waals surface area contributed by atoms with E-state index in [1.807, 2.05) is 18.4 Å². The third-order valence-corrected chi connectivity index (χ3v) is 8.64. The summed E-state index contributed by atoms with van der Waals surface area (Å²) in [5, 5.41) is 31.0. The van der Waals surface area contributed by atoms with Crippen LogP contribution in [0.1, 0.15) is 27.7 Å². The van der Waals surface area contributed by atoms with Crippen LogP contribution in [0.2, 0.25) is 0 Å². The van der Waals surface area contributed by atoms with E-state index in [4.69, 9.17) is 4.74 Å². The van der Waals surface area contributed by atoms with Crippen molar-refractivity contribution in [3.8, 4) is 10.4 Å². The molecule has 1 saturated heterocycles. The Labute approximate surface area is 201 Å². The Balaban J connectivity index is 1.55. The summed E-state index contributed by atoms with van der Waals surface area (Å²) < 4.78 is 5.95. The lowest BCUT2D eigenvalue weighted by atomic mass is 9.92. The molecule has 4 nitrogen and oxygen atoms in total. The number of aliphatic hydroxyl groups is 3. The molecule has 1 aromatic heterocycles. The number of ether oxygens (including phenoxy) is 1. The Kier molecular flexibility index (Phi) is 7.67. The second kappa shape index (κ2) is 10.3. The highest BCUT2D eigenvalue weighted by Gasteiger charge is 2.44. The fourth-order valence-electron chi connectivity index (χ4n) is 3.95. The highest BCUT2D eigenvalue weighted by atomic mass is 32.2. The molecule has 7 heteroatoms. The van der Waals surface area contributed by atoms with Crippen molar-refractivity contribution in [1.29, 1.82) is 0 Å².